The molecule has 0 aliphatic carbocycles. The van der Waals surface area contributed by atoms with Crippen LogP contribution in [0.2, 0.25) is 0 Å². The van der Waals surface area contributed by atoms with E-state index in [-0.39, 0.29) is 12.2 Å². The first-order chi connectivity index (χ1) is 12.7. The van der Waals surface area contributed by atoms with E-state index in [0.29, 0.717) is 11.2 Å². The molecule has 1 N–H and O–H groups in total. The maximum Gasteiger partial charge on any atom is 0.272 e. The van der Waals surface area contributed by atoms with Crippen LogP contribution in [0.15, 0.2) is 59.0 Å². The average molecular weight is 387 g/mol. The van der Waals surface area contributed by atoms with E-state index in [1.165, 1.54) is 11.3 Å². The number of thioether (sulfide) groups is 1. The third kappa shape index (κ3) is 4.26. The number of thiophene rings is 1. The summed E-state index contributed by atoms with van der Waals surface area (Å²) in [6.07, 6.45) is 4.52. The lowest BCUT2D eigenvalue weighted by atomic mass is 10.2. The molecule has 4 nitrogen and oxygen atoms in total. The number of nitrogens with zero attached hydrogens (tertiary/aromatic N) is 2. The van der Waals surface area contributed by atoms with Crippen molar-refractivity contribution in [3.05, 3.63) is 59.4 Å². The van der Waals surface area contributed by atoms with E-state index in [0.717, 1.165) is 46.1 Å². The van der Waals surface area contributed by atoms with Crippen molar-refractivity contribution >= 4 is 33.3 Å². The molecule has 6 heteroatoms. The second-order valence-corrected chi connectivity index (χ2v) is 8.04. The Bertz CT molecular complexity index is 932. The van der Waals surface area contributed by atoms with Crippen LogP contribution in [0.1, 0.15) is 19.3 Å². The summed E-state index contributed by atoms with van der Waals surface area (Å²) in [5.41, 5.74) is 1.86. The van der Waals surface area contributed by atoms with Crippen molar-refractivity contribution in [3.63, 3.8) is 0 Å². The van der Waals surface area contributed by atoms with Gasteiger partial charge in [-0.15, -0.1) is 17.9 Å². The SMILES string of the molecule is C=CCn1c(SCCCCCO)nc2cc(-c3ccccc3)sc2c1=O. The Morgan fingerprint density at radius 3 is 2.77 bits per heavy atom. The van der Waals surface area contributed by atoms with Crippen LogP contribution in [0.5, 0.6) is 0 Å². The van der Waals surface area contributed by atoms with Gasteiger partial charge in [-0.3, -0.25) is 9.36 Å². The molecule has 0 unspecified atom stereocenters. The van der Waals surface area contributed by atoms with E-state index in [9.17, 15) is 4.79 Å². The van der Waals surface area contributed by atoms with Gasteiger partial charge in [0.2, 0.25) is 0 Å². The van der Waals surface area contributed by atoms with Crippen LogP contribution in [0.4, 0.5) is 0 Å². The Kier molecular flexibility index (Phi) is 6.66. The van der Waals surface area contributed by atoms with E-state index in [2.05, 4.69) is 6.58 Å². The minimum absolute atomic E-state index is 0.0000562. The van der Waals surface area contributed by atoms with Crippen molar-refractivity contribution in [2.75, 3.05) is 12.4 Å². The summed E-state index contributed by atoms with van der Waals surface area (Å²) >= 11 is 3.09. The van der Waals surface area contributed by atoms with Gasteiger partial charge < -0.3 is 5.11 Å². The van der Waals surface area contributed by atoms with Gasteiger partial charge in [-0.1, -0.05) is 54.6 Å². The highest BCUT2D eigenvalue weighted by Crippen LogP contribution is 2.32. The van der Waals surface area contributed by atoms with Crippen molar-refractivity contribution in [2.24, 2.45) is 0 Å². The maximum absolute atomic E-state index is 13.0. The Balaban J connectivity index is 1.94. The van der Waals surface area contributed by atoms with E-state index in [1.54, 1.807) is 22.4 Å². The van der Waals surface area contributed by atoms with E-state index >= 15 is 0 Å². The Labute approximate surface area is 161 Å². The molecule has 0 spiro atoms. The molecule has 0 atom stereocenters. The van der Waals surface area contributed by atoms with Crippen LogP contribution in [-0.4, -0.2) is 27.0 Å². The van der Waals surface area contributed by atoms with Gasteiger partial charge in [0.25, 0.3) is 5.56 Å². The van der Waals surface area contributed by atoms with Crippen LogP contribution >= 0.6 is 23.1 Å². The molecule has 0 radical (unpaired) electrons. The standard InChI is InChI=1S/C20H22N2O2S2/c1-2-11-22-19(24)18-16(21-20(22)25-13-8-4-7-12-23)14-17(26-18)15-9-5-3-6-10-15/h2-3,5-6,9-10,14,23H,1,4,7-8,11-13H2. The van der Waals surface area contributed by atoms with E-state index < -0.39 is 0 Å². The first-order valence-corrected chi connectivity index (χ1v) is 10.5. The van der Waals surface area contributed by atoms with Crippen molar-refractivity contribution in [1.29, 1.82) is 0 Å². The molecule has 2 aromatic heterocycles. The summed E-state index contributed by atoms with van der Waals surface area (Å²) in [5.74, 6) is 0.880. The van der Waals surface area contributed by atoms with Gasteiger partial charge in [-0.05, 0) is 24.5 Å². The molecule has 136 valence electrons. The monoisotopic (exact) mass is 386 g/mol. The summed E-state index contributed by atoms with van der Waals surface area (Å²) < 4.78 is 2.40. The molecule has 1 aromatic carbocycles. The molecule has 0 bridgehead atoms. The highest BCUT2D eigenvalue weighted by molar-refractivity contribution is 7.99. The van der Waals surface area contributed by atoms with Crippen molar-refractivity contribution in [2.45, 2.75) is 31.0 Å². The predicted octanol–water partition coefficient (Wildman–Crippen LogP) is 4.57. The quantitative estimate of drug-likeness (QED) is 0.253. The molecule has 0 amide bonds. The summed E-state index contributed by atoms with van der Waals surface area (Å²) in [5, 5.41) is 9.61. The maximum atomic E-state index is 13.0. The largest absolute Gasteiger partial charge is 0.396 e. The number of benzene rings is 1. The fraction of sp³-hybridized carbons (Fsp3) is 0.300. The Morgan fingerprint density at radius 2 is 2.04 bits per heavy atom. The molecule has 26 heavy (non-hydrogen) atoms. The fourth-order valence-corrected chi connectivity index (χ4v) is 4.75. The van der Waals surface area contributed by atoms with Gasteiger partial charge in [0, 0.05) is 23.8 Å². The zero-order chi connectivity index (χ0) is 18.4. The molecule has 0 fully saturated rings. The molecular weight excluding hydrogens is 364 g/mol. The van der Waals surface area contributed by atoms with Gasteiger partial charge in [0.05, 0.1) is 5.52 Å². The molecule has 3 rings (SSSR count). The Morgan fingerprint density at radius 1 is 1.23 bits per heavy atom. The number of aromatic nitrogens is 2. The lowest BCUT2D eigenvalue weighted by molar-refractivity contribution is 0.284. The number of fused-ring (bicyclic) bond motifs is 1. The molecule has 0 aliphatic rings. The normalized spacial score (nSPS) is 11.1. The fourth-order valence-electron chi connectivity index (χ4n) is 2.69. The number of rotatable bonds is 9. The third-order valence-corrected chi connectivity index (χ3v) is 6.23. The smallest absolute Gasteiger partial charge is 0.272 e. The number of aliphatic hydroxyl groups excluding tert-OH is 1. The number of hydrogen-bond donors (Lipinski definition) is 1. The number of hydrogen-bond acceptors (Lipinski definition) is 5. The summed E-state index contributed by atoms with van der Waals surface area (Å²) in [6, 6.07) is 12.1. The topological polar surface area (TPSA) is 55.1 Å². The average Bonchev–Trinajstić information content (AvgIpc) is 3.09. The lowest BCUT2D eigenvalue weighted by Crippen LogP contribution is -2.21. The van der Waals surface area contributed by atoms with Crippen molar-refractivity contribution in [3.8, 4) is 10.4 Å². The van der Waals surface area contributed by atoms with Gasteiger partial charge in [0.15, 0.2) is 5.16 Å². The molecule has 0 aliphatic heterocycles. The van der Waals surface area contributed by atoms with Crippen molar-refractivity contribution in [1.82, 2.24) is 9.55 Å². The predicted molar refractivity (Wildman–Crippen MR) is 111 cm³/mol. The summed E-state index contributed by atoms with van der Waals surface area (Å²) in [6.45, 7) is 4.46. The van der Waals surface area contributed by atoms with Crippen LogP contribution in [0.25, 0.3) is 20.7 Å². The molecule has 2 heterocycles. The first-order valence-electron chi connectivity index (χ1n) is 8.69. The summed E-state index contributed by atoms with van der Waals surface area (Å²) in [7, 11) is 0. The van der Waals surface area contributed by atoms with Gasteiger partial charge in [0.1, 0.15) is 4.70 Å². The number of allylic oxidation sites excluding steroid dienone is 1. The summed E-state index contributed by atoms with van der Waals surface area (Å²) in [4.78, 5) is 18.8. The van der Waals surface area contributed by atoms with E-state index in [1.807, 2.05) is 36.4 Å². The first kappa shape index (κ1) is 18.9. The minimum atomic E-state index is -0.0000562. The highest BCUT2D eigenvalue weighted by atomic mass is 32.2. The van der Waals surface area contributed by atoms with Gasteiger partial charge >= 0.3 is 0 Å². The van der Waals surface area contributed by atoms with Crippen LogP contribution < -0.4 is 5.56 Å². The third-order valence-electron chi connectivity index (χ3n) is 4.00. The van der Waals surface area contributed by atoms with Crippen LogP contribution in [0.3, 0.4) is 0 Å². The zero-order valence-electron chi connectivity index (χ0n) is 14.6. The van der Waals surface area contributed by atoms with Gasteiger partial charge in [-0.25, -0.2) is 4.98 Å². The second kappa shape index (κ2) is 9.16. The molecule has 3 aromatic rings. The highest BCUT2D eigenvalue weighted by Gasteiger charge is 2.14. The zero-order valence-corrected chi connectivity index (χ0v) is 16.2. The number of aliphatic hydroxyl groups is 1. The molecule has 0 saturated heterocycles. The minimum Gasteiger partial charge on any atom is -0.396 e. The molecule has 0 saturated carbocycles. The Hall–Kier alpha value is -1.89. The second-order valence-electron chi connectivity index (χ2n) is 5.92. The van der Waals surface area contributed by atoms with Crippen LogP contribution in [-0.2, 0) is 6.54 Å². The lowest BCUT2D eigenvalue weighted by Gasteiger charge is -2.09. The van der Waals surface area contributed by atoms with E-state index in [4.69, 9.17) is 10.1 Å². The molecular formula is C20H22N2O2S2. The van der Waals surface area contributed by atoms with Crippen molar-refractivity contribution < 1.29 is 5.11 Å². The van der Waals surface area contributed by atoms with Crippen LogP contribution in [0, 0.1) is 0 Å². The number of unbranched alkanes of at least 4 members (excludes halogenated alkanes) is 2. The van der Waals surface area contributed by atoms with Gasteiger partial charge in [-0.2, -0.15) is 0 Å².